The fourth-order valence-corrected chi connectivity index (χ4v) is 4.61. The number of carbonyl (C=O) groups excluding carboxylic acids is 1. The summed E-state index contributed by atoms with van der Waals surface area (Å²) in [6, 6.07) is 3.79. The number of ether oxygens (including phenoxy) is 2. The topological polar surface area (TPSA) is 71.1 Å². The predicted octanol–water partition coefficient (Wildman–Crippen LogP) is 6.41. The van der Waals surface area contributed by atoms with Crippen LogP contribution in [0.25, 0.3) is 0 Å². The maximum absolute atomic E-state index is 12.6. The molecule has 2 aliphatic rings. The van der Waals surface area contributed by atoms with Gasteiger partial charge in [-0.15, -0.1) is 0 Å². The summed E-state index contributed by atoms with van der Waals surface area (Å²) < 4.78 is 11.0. The lowest BCUT2D eigenvalue weighted by Crippen LogP contribution is -2.29. The van der Waals surface area contributed by atoms with Gasteiger partial charge in [-0.2, -0.15) is 0 Å². The first kappa shape index (κ1) is 24.4. The van der Waals surface area contributed by atoms with Gasteiger partial charge in [0.25, 0.3) is 0 Å². The van der Waals surface area contributed by atoms with Crippen molar-refractivity contribution in [2.75, 3.05) is 13.2 Å². The van der Waals surface area contributed by atoms with E-state index in [2.05, 4.69) is 31.8 Å². The molecule has 0 bridgehead atoms. The van der Waals surface area contributed by atoms with Gasteiger partial charge in [0.15, 0.2) is 0 Å². The Morgan fingerprint density at radius 3 is 2.78 bits per heavy atom. The van der Waals surface area contributed by atoms with Crippen molar-refractivity contribution in [3.63, 3.8) is 0 Å². The lowest BCUT2D eigenvalue weighted by molar-refractivity contribution is 0.199. The number of phenols is 1. The van der Waals surface area contributed by atoms with E-state index in [9.17, 15) is 9.90 Å². The molecule has 0 spiro atoms. The lowest BCUT2D eigenvalue weighted by atomic mass is 9.73. The standard InChI is InChI=1S/C27H39NO4/c1-5-6-7-9-20-15-24(29)26(23-14-19(4)11-12-22(23)18(2)3)25(16-20)32-27(30)28-13-8-10-21-17-31-21/h14-16,21-23,29H,2,5-13,17H2,1,3-4H3,(H,28,30)/t21?,22-,23+/m0/s1. The average Bonchev–Trinajstić information content (AvgIpc) is 3.55. The van der Waals surface area contributed by atoms with Crippen LogP contribution in [0.1, 0.15) is 82.8 Å². The average molecular weight is 442 g/mol. The Hall–Kier alpha value is -2.27. The van der Waals surface area contributed by atoms with Crippen LogP contribution in [-0.2, 0) is 11.2 Å². The summed E-state index contributed by atoms with van der Waals surface area (Å²) in [6.07, 6.45) is 10.1. The highest BCUT2D eigenvalue weighted by Gasteiger charge is 2.31. The summed E-state index contributed by atoms with van der Waals surface area (Å²) in [5.41, 5.74) is 4.06. The number of benzene rings is 1. The third-order valence-corrected chi connectivity index (χ3v) is 6.54. The molecule has 32 heavy (non-hydrogen) atoms. The second kappa shape index (κ2) is 11.6. The molecule has 5 heteroatoms. The van der Waals surface area contributed by atoms with Crippen molar-refractivity contribution in [2.45, 2.75) is 84.2 Å². The van der Waals surface area contributed by atoms with E-state index in [4.69, 9.17) is 9.47 Å². The first-order chi connectivity index (χ1) is 15.4. The van der Waals surface area contributed by atoms with E-state index in [1.165, 1.54) is 5.57 Å². The van der Waals surface area contributed by atoms with Gasteiger partial charge >= 0.3 is 6.09 Å². The maximum atomic E-state index is 12.6. The van der Waals surface area contributed by atoms with Crippen molar-refractivity contribution in [3.05, 3.63) is 47.1 Å². The lowest BCUT2D eigenvalue weighted by Gasteiger charge is -2.32. The van der Waals surface area contributed by atoms with Crippen LogP contribution in [-0.4, -0.2) is 30.5 Å². The van der Waals surface area contributed by atoms with Crippen LogP contribution in [0, 0.1) is 5.92 Å². The van der Waals surface area contributed by atoms with E-state index in [1.807, 2.05) is 19.1 Å². The summed E-state index contributed by atoms with van der Waals surface area (Å²) in [5.74, 6) is 0.817. The quantitative estimate of drug-likeness (QED) is 0.236. The van der Waals surface area contributed by atoms with Crippen LogP contribution in [0.5, 0.6) is 11.5 Å². The van der Waals surface area contributed by atoms with Crippen molar-refractivity contribution in [2.24, 2.45) is 5.92 Å². The number of epoxide rings is 1. The third-order valence-electron chi connectivity index (χ3n) is 6.54. The van der Waals surface area contributed by atoms with E-state index < -0.39 is 6.09 Å². The summed E-state index contributed by atoms with van der Waals surface area (Å²) in [7, 11) is 0. The number of unbranched alkanes of at least 4 members (excludes halogenated alkanes) is 2. The second-order valence-electron chi connectivity index (χ2n) is 9.43. The van der Waals surface area contributed by atoms with Gasteiger partial charge in [0, 0.05) is 18.0 Å². The van der Waals surface area contributed by atoms with Gasteiger partial charge in [0.2, 0.25) is 0 Å². The van der Waals surface area contributed by atoms with E-state index in [1.54, 1.807) is 0 Å². The summed E-state index contributed by atoms with van der Waals surface area (Å²) in [6.45, 7) is 11.9. The van der Waals surface area contributed by atoms with E-state index >= 15 is 0 Å². The number of aryl methyl sites for hydroxylation is 1. The third kappa shape index (κ3) is 6.86. The zero-order chi connectivity index (χ0) is 23.1. The molecule has 1 heterocycles. The molecule has 0 saturated carbocycles. The molecule has 1 amide bonds. The summed E-state index contributed by atoms with van der Waals surface area (Å²) >= 11 is 0. The number of hydrogen-bond donors (Lipinski definition) is 2. The van der Waals surface area contributed by atoms with Crippen molar-refractivity contribution >= 4 is 6.09 Å². The fourth-order valence-electron chi connectivity index (χ4n) is 4.61. The molecule has 1 aliphatic carbocycles. The molecule has 3 atom stereocenters. The van der Waals surface area contributed by atoms with Crippen LogP contribution in [0.3, 0.4) is 0 Å². The zero-order valence-corrected chi connectivity index (χ0v) is 19.9. The van der Waals surface area contributed by atoms with Gasteiger partial charge in [-0.05, 0) is 76.0 Å². The van der Waals surface area contributed by atoms with E-state index in [0.717, 1.165) is 69.1 Å². The monoisotopic (exact) mass is 441 g/mol. The number of aromatic hydroxyl groups is 1. The van der Waals surface area contributed by atoms with Crippen molar-refractivity contribution in [1.29, 1.82) is 0 Å². The SMILES string of the molecule is C=C(C)[C@@H]1CCC(C)=C[C@H]1c1c(O)cc(CCCCC)cc1OC(=O)NCCCC1CO1. The molecule has 176 valence electrons. The maximum Gasteiger partial charge on any atom is 0.412 e. The van der Waals surface area contributed by atoms with Crippen molar-refractivity contribution in [1.82, 2.24) is 5.32 Å². The molecule has 1 unspecified atom stereocenters. The largest absolute Gasteiger partial charge is 0.507 e. The molecule has 1 aromatic carbocycles. The molecule has 1 fully saturated rings. The Kier molecular flexibility index (Phi) is 8.80. The van der Waals surface area contributed by atoms with Gasteiger partial charge in [-0.1, -0.05) is 43.6 Å². The molecule has 0 radical (unpaired) electrons. The normalized spacial score (nSPS) is 22.2. The fraction of sp³-hybridized carbons (Fsp3) is 0.593. The molecular weight excluding hydrogens is 402 g/mol. The number of allylic oxidation sites excluding steroid dienone is 3. The highest BCUT2D eigenvalue weighted by molar-refractivity contribution is 5.72. The van der Waals surface area contributed by atoms with E-state index in [-0.39, 0.29) is 17.6 Å². The molecule has 0 aromatic heterocycles. The van der Waals surface area contributed by atoms with Crippen molar-refractivity contribution < 1.29 is 19.4 Å². The minimum absolute atomic E-state index is 0.0549. The Labute approximate surface area is 192 Å². The number of amides is 1. The van der Waals surface area contributed by atoms with Crippen LogP contribution >= 0.6 is 0 Å². The van der Waals surface area contributed by atoms with Crippen LogP contribution in [0.4, 0.5) is 4.79 Å². The zero-order valence-electron chi connectivity index (χ0n) is 19.9. The van der Waals surface area contributed by atoms with Crippen LogP contribution in [0.15, 0.2) is 35.9 Å². The first-order valence-corrected chi connectivity index (χ1v) is 12.1. The number of hydrogen-bond acceptors (Lipinski definition) is 4. The van der Waals surface area contributed by atoms with Crippen LogP contribution in [0.2, 0.25) is 0 Å². The number of phenolic OH excluding ortho intramolecular Hbond substituents is 1. The second-order valence-corrected chi connectivity index (χ2v) is 9.43. The summed E-state index contributed by atoms with van der Waals surface area (Å²) in [4.78, 5) is 12.6. The smallest absolute Gasteiger partial charge is 0.412 e. The van der Waals surface area contributed by atoms with Gasteiger partial charge in [0.1, 0.15) is 11.5 Å². The Bertz CT molecular complexity index is 840. The molecule has 2 N–H and O–H groups in total. The van der Waals surface area contributed by atoms with Crippen LogP contribution < -0.4 is 10.1 Å². The number of rotatable bonds is 11. The number of nitrogens with one attached hydrogen (secondary N) is 1. The highest BCUT2D eigenvalue weighted by atomic mass is 16.6. The molecular formula is C27H39NO4. The van der Waals surface area contributed by atoms with Crippen molar-refractivity contribution in [3.8, 4) is 11.5 Å². The Morgan fingerprint density at radius 2 is 2.09 bits per heavy atom. The number of carbonyl (C=O) groups is 1. The molecule has 3 rings (SSSR count). The molecule has 1 saturated heterocycles. The minimum atomic E-state index is -0.476. The predicted molar refractivity (Wildman–Crippen MR) is 128 cm³/mol. The van der Waals surface area contributed by atoms with Gasteiger partial charge in [-0.25, -0.2) is 4.79 Å². The Morgan fingerprint density at radius 1 is 1.31 bits per heavy atom. The molecule has 5 nitrogen and oxygen atoms in total. The van der Waals surface area contributed by atoms with Gasteiger partial charge in [0.05, 0.1) is 12.7 Å². The highest BCUT2D eigenvalue weighted by Crippen LogP contribution is 2.47. The summed E-state index contributed by atoms with van der Waals surface area (Å²) in [5, 5.41) is 13.9. The van der Waals surface area contributed by atoms with E-state index in [0.29, 0.717) is 24.0 Å². The first-order valence-electron chi connectivity index (χ1n) is 12.1. The Balaban J connectivity index is 1.83. The van der Waals surface area contributed by atoms with Gasteiger partial charge < -0.3 is 19.9 Å². The molecule has 1 aliphatic heterocycles. The molecule has 1 aromatic rings. The van der Waals surface area contributed by atoms with Gasteiger partial charge in [-0.3, -0.25) is 0 Å². The minimum Gasteiger partial charge on any atom is -0.507 e.